The van der Waals surface area contributed by atoms with Crippen LogP contribution in [0.4, 0.5) is 5.69 Å². The number of rotatable bonds is 8. The summed E-state index contributed by atoms with van der Waals surface area (Å²) in [6.07, 6.45) is 3.23. The lowest BCUT2D eigenvalue weighted by molar-refractivity contribution is -0.116. The summed E-state index contributed by atoms with van der Waals surface area (Å²) >= 11 is 0. The molecule has 136 valence electrons. The van der Waals surface area contributed by atoms with Gasteiger partial charge in [0.05, 0.1) is 11.0 Å². The molecule has 0 bridgehead atoms. The van der Waals surface area contributed by atoms with Crippen LogP contribution in [0, 0.1) is 0 Å². The number of nitrogens with one attached hydrogen (secondary N) is 2. The van der Waals surface area contributed by atoms with Crippen molar-refractivity contribution in [1.29, 1.82) is 0 Å². The molecule has 0 saturated carbocycles. The summed E-state index contributed by atoms with van der Waals surface area (Å²) < 4.78 is 31.9. The number of anilines is 1. The Kier molecular flexibility index (Phi) is 8.65. The fourth-order valence-electron chi connectivity index (χ4n) is 2.41. The summed E-state index contributed by atoms with van der Waals surface area (Å²) in [5.74, 6) is -0.148. The molecule has 1 aliphatic heterocycles. The molecule has 1 amide bonds. The van der Waals surface area contributed by atoms with Gasteiger partial charge in [0.2, 0.25) is 15.9 Å². The van der Waals surface area contributed by atoms with Crippen LogP contribution in [0.15, 0.2) is 29.2 Å². The molecule has 0 aromatic heterocycles. The third-order valence-electron chi connectivity index (χ3n) is 3.58. The topological polar surface area (TPSA) is 111 Å². The molecular formula is C15H24ClN3O4S. The predicted molar refractivity (Wildman–Crippen MR) is 94.8 cm³/mol. The number of ether oxygens (including phenoxy) is 1. The summed E-state index contributed by atoms with van der Waals surface area (Å²) in [5, 5.41) is 2.72. The lowest BCUT2D eigenvalue weighted by atomic mass is 10.1. The second kappa shape index (κ2) is 9.95. The first-order valence-corrected chi connectivity index (χ1v) is 9.21. The molecule has 4 N–H and O–H groups in total. The van der Waals surface area contributed by atoms with Crippen LogP contribution < -0.4 is 15.8 Å². The van der Waals surface area contributed by atoms with Crippen molar-refractivity contribution in [3.05, 3.63) is 24.3 Å². The quantitative estimate of drug-likeness (QED) is 0.631. The molecule has 1 fully saturated rings. The number of carbonyl (C=O) groups is 1. The lowest BCUT2D eigenvalue weighted by Crippen LogP contribution is -2.29. The summed E-state index contributed by atoms with van der Waals surface area (Å²) in [4.78, 5) is 12.1. The van der Waals surface area contributed by atoms with Crippen molar-refractivity contribution in [2.75, 3.05) is 25.0 Å². The minimum absolute atomic E-state index is 0. The van der Waals surface area contributed by atoms with Crippen LogP contribution in [0.1, 0.15) is 25.7 Å². The van der Waals surface area contributed by atoms with Crippen molar-refractivity contribution in [2.45, 2.75) is 36.7 Å². The van der Waals surface area contributed by atoms with E-state index in [4.69, 9.17) is 10.5 Å². The molecule has 1 saturated heterocycles. The highest BCUT2D eigenvalue weighted by molar-refractivity contribution is 7.89. The maximum Gasteiger partial charge on any atom is 0.240 e. The Morgan fingerprint density at radius 1 is 1.38 bits per heavy atom. The zero-order valence-electron chi connectivity index (χ0n) is 13.4. The maximum atomic E-state index is 12.0. The molecule has 1 aromatic carbocycles. The second-order valence-electron chi connectivity index (χ2n) is 5.44. The molecule has 2 rings (SSSR count). The predicted octanol–water partition coefficient (Wildman–Crippen LogP) is 1.24. The number of nitrogens with two attached hydrogens (primary N) is 1. The lowest BCUT2D eigenvalue weighted by Gasteiger charge is -2.11. The average molecular weight is 378 g/mol. The second-order valence-corrected chi connectivity index (χ2v) is 7.20. The van der Waals surface area contributed by atoms with Gasteiger partial charge in [0.25, 0.3) is 0 Å². The standard InChI is InChI=1S/C15H23N3O4S.ClH/c16-8-9-17-23(20,21)14-5-1-3-12(11-14)18-15(19)7-6-13-4-2-10-22-13;/h1,3,5,11,13,17H,2,4,6-10,16H2,(H,18,19);1H. The summed E-state index contributed by atoms with van der Waals surface area (Å²) in [5.41, 5.74) is 5.76. The minimum Gasteiger partial charge on any atom is -0.378 e. The highest BCUT2D eigenvalue weighted by Gasteiger charge is 2.17. The van der Waals surface area contributed by atoms with Gasteiger partial charge in [-0.05, 0) is 37.5 Å². The van der Waals surface area contributed by atoms with Crippen molar-refractivity contribution >= 4 is 34.0 Å². The van der Waals surface area contributed by atoms with Gasteiger partial charge in [-0.2, -0.15) is 0 Å². The van der Waals surface area contributed by atoms with E-state index in [9.17, 15) is 13.2 Å². The average Bonchev–Trinajstić information content (AvgIpc) is 3.05. The Morgan fingerprint density at radius 3 is 2.83 bits per heavy atom. The minimum atomic E-state index is -3.61. The molecule has 9 heteroatoms. The molecule has 0 spiro atoms. The molecule has 1 heterocycles. The SMILES string of the molecule is Cl.NCCNS(=O)(=O)c1cccc(NC(=O)CCC2CCCO2)c1. The highest BCUT2D eigenvalue weighted by atomic mass is 35.5. The van der Waals surface area contributed by atoms with Crippen molar-refractivity contribution in [2.24, 2.45) is 5.73 Å². The van der Waals surface area contributed by atoms with Gasteiger partial charge in [-0.1, -0.05) is 6.07 Å². The Bertz CT molecular complexity index is 633. The zero-order valence-corrected chi connectivity index (χ0v) is 15.0. The zero-order chi connectivity index (χ0) is 16.7. The van der Waals surface area contributed by atoms with Gasteiger partial charge in [0.1, 0.15) is 0 Å². The summed E-state index contributed by atoms with van der Waals surface area (Å²) in [7, 11) is -3.61. The third kappa shape index (κ3) is 6.37. The Labute approximate surface area is 148 Å². The van der Waals surface area contributed by atoms with Crippen LogP contribution in [0.25, 0.3) is 0 Å². The number of amides is 1. The van der Waals surface area contributed by atoms with E-state index < -0.39 is 10.0 Å². The van der Waals surface area contributed by atoms with Crippen LogP contribution in [0.5, 0.6) is 0 Å². The van der Waals surface area contributed by atoms with Gasteiger partial charge in [-0.15, -0.1) is 12.4 Å². The Morgan fingerprint density at radius 2 is 2.17 bits per heavy atom. The van der Waals surface area contributed by atoms with Crippen molar-refractivity contribution < 1.29 is 17.9 Å². The molecule has 1 aromatic rings. The maximum absolute atomic E-state index is 12.0. The molecule has 0 radical (unpaired) electrons. The van der Waals surface area contributed by atoms with Gasteiger partial charge in [-0.25, -0.2) is 13.1 Å². The molecule has 1 aliphatic rings. The van der Waals surface area contributed by atoms with E-state index in [1.165, 1.54) is 12.1 Å². The first kappa shape index (κ1) is 20.9. The van der Waals surface area contributed by atoms with Gasteiger partial charge in [0, 0.05) is 31.8 Å². The number of carbonyl (C=O) groups excluding carboxylic acids is 1. The van der Waals surface area contributed by atoms with Crippen LogP contribution in [0.3, 0.4) is 0 Å². The van der Waals surface area contributed by atoms with E-state index in [2.05, 4.69) is 10.0 Å². The number of sulfonamides is 1. The fourth-order valence-corrected chi connectivity index (χ4v) is 3.50. The van der Waals surface area contributed by atoms with Crippen LogP contribution in [-0.4, -0.2) is 40.1 Å². The normalized spacial score (nSPS) is 17.3. The largest absolute Gasteiger partial charge is 0.378 e. The smallest absolute Gasteiger partial charge is 0.240 e. The third-order valence-corrected chi connectivity index (χ3v) is 5.04. The molecule has 24 heavy (non-hydrogen) atoms. The highest BCUT2D eigenvalue weighted by Crippen LogP contribution is 2.18. The summed E-state index contributed by atoms with van der Waals surface area (Å²) in [6.45, 7) is 1.15. The van der Waals surface area contributed by atoms with E-state index in [0.717, 1.165) is 19.4 Å². The number of hydrogen-bond donors (Lipinski definition) is 3. The van der Waals surface area contributed by atoms with Crippen molar-refractivity contribution in [1.82, 2.24) is 4.72 Å². The van der Waals surface area contributed by atoms with Crippen LogP contribution >= 0.6 is 12.4 Å². The number of hydrogen-bond acceptors (Lipinski definition) is 5. The Hall–Kier alpha value is -1.19. The molecule has 1 unspecified atom stereocenters. The molecule has 7 nitrogen and oxygen atoms in total. The molecular weight excluding hydrogens is 354 g/mol. The van der Waals surface area contributed by atoms with E-state index in [0.29, 0.717) is 18.5 Å². The number of halogens is 1. The Balaban J connectivity index is 0.00000288. The van der Waals surface area contributed by atoms with Crippen molar-refractivity contribution in [3.63, 3.8) is 0 Å². The van der Waals surface area contributed by atoms with Gasteiger partial charge in [-0.3, -0.25) is 4.79 Å². The van der Waals surface area contributed by atoms with E-state index in [-0.39, 0.29) is 42.4 Å². The molecule has 0 aliphatic carbocycles. The van der Waals surface area contributed by atoms with E-state index >= 15 is 0 Å². The van der Waals surface area contributed by atoms with E-state index in [1.807, 2.05) is 0 Å². The van der Waals surface area contributed by atoms with Gasteiger partial charge in [0.15, 0.2) is 0 Å². The van der Waals surface area contributed by atoms with E-state index in [1.54, 1.807) is 12.1 Å². The first-order valence-electron chi connectivity index (χ1n) is 7.72. The van der Waals surface area contributed by atoms with Crippen LogP contribution in [-0.2, 0) is 19.6 Å². The van der Waals surface area contributed by atoms with Gasteiger partial charge < -0.3 is 15.8 Å². The van der Waals surface area contributed by atoms with Crippen molar-refractivity contribution in [3.8, 4) is 0 Å². The van der Waals surface area contributed by atoms with Crippen LogP contribution in [0.2, 0.25) is 0 Å². The molecule has 1 atom stereocenters. The number of benzene rings is 1. The first-order chi connectivity index (χ1) is 11.0. The fraction of sp³-hybridized carbons (Fsp3) is 0.533. The monoisotopic (exact) mass is 377 g/mol. The van der Waals surface area contributed by atoms with Gasteiger partial charge >= 0.3 is 0 Å². The summed E-state index contributed by atoms with van der Waals surface area (Å²) in [6, 6.07) is 6.16.